The molecule has 0 fully saturated rings. The van der Waals surface area contributed by atoms with Gasteiger partial charge in [-0.2, -0.15) is 0 Å². The molecule has 14 heavy (non-hydrogen) atoms. The van der Waals surface area contributed by atoms with E-state index in [2.05, 4.69) is 11.8 Å². The Morgan fingerprint density at radius 2 is 2.14 bits per heavy atom. The molecule has 78 valence electrons. The van der Waals surface area contributed by atoms with Gasteiger partial charge in [0.1, 0.15) is 5.82 Å². The van der Waals surface area contributed by atoms with Crippen LogP contribution >= 0.6 is 0 Å². The molecule has 0 radical (unpaired) electrons. The molecule has 0 amide bonds. The van der Waals surface area contributed by atoms with Gasteiger partial charge in [-0.05, 0) is 37.7 Å². The molecule has 1 aromatic rings. The van der Waals surface area contributed by atoms with E-state index in [1.165, 1.54) is 12.1 Å². The molecule has 0 aliphatic heterocycles. The SMILES string of the molecule is CCCN(C)Cc1ccc(F)cc1N. The number of hydrogen-bond acceptors (Lipinski definition) is 2. The van der Waals surface area contributed by atoms with Crippen molar-refractivity contribution >= 4 is 5.69 Å². The van der Waals surface area contributed by atoms with Gasteiger partial charge in [0.2, 0.25) is 0 Å². The van der Waals surface area contributed by atoms with E-state index in [9.17, 15) is 4.39 Å². The minimum absolute atomic E-state index is 0.274. The van der Waals surface area contributed by atoms with Gasteiger partial charge >= 0.3 is 0 Å². The van der Waals surface area contributed by atoms with Crippen LogP contribution in [0, 0.1) is 5.82 Å². The monoisotopic (exact) mass is 196 g/mol. The standard InChI is InChI=1S/C11H17FN2/c1-3-6-14(2)8-9-4-5-10(12)7-11(9)13/h4-5,7H,3,6,8,13H2,1-2H3. The lowest BCUT2D eigenvalue weighted by Crippen LogP contribution is -2.19. The molecule has 2 nitrogen and oxygen atoms in total. The molecule has 0 bridgehead atoms. The summed E-state index contributed by atoms with van der Waals surface area (Å²) in [5.74, 6) is -0.274. The van der Waals surface area contributed by atoms with Crippen LogP contribution in [0.4, 0.5) is 10.1 Å². The lowest BCUT2D eigenvalue weighted by atomic mass is 10.1. The van der Waals surface area contributed by atoms with E-state index in [0.717, 1.165) is 25.1 Å². The van der Waals surface area contributed by atoms with Crippen molar-refractivity contribution in [2.24, 2.45) is 0 Å². The predicted molar refractivity (Wildman–Crippen MR) is 57.4 cm³/mol. The van der Waals surface area contributed by atoms with E-state index < -0.39 is 0 Å². The molecule has 0 aliphatic carbocycles. The van der Waals surface area contributed by atoms with Crippen molar-refractivity contribution in [3.63, 3.8) is 0 Å². The van der Waals surface area contributed by atoms with Gasteiger partial charge in [-0.3, -0.25) is 0 Å². The highest BCUT2D eigenvalue weighted by Gasteiger charge is 2.03. The van der Waals surface area contributed by atoms with Crippen LogP contribution in [-0.2, 0) is 6.54 Å². The zero-order valence-electron chi connectivity index (χ0n) is 8.76. The first-order chi connectivity index (χ1) is 6.63. The van der Waals surface area contributed by atoms with Crippen LogP contribution in [0.1, 0.15) is 18.9 Å². The fourth-order valence-corrected chi connectivity index (χ4v) is 1.46. The Bertz CT molecular complexity index is 299. The highest BCUT2D eigenvalue weighted by molar-refractivity contribution is 5.46. The highest BCUT2D eigenvalue weighted by atomic mass is 19.1. The number of nitrogens with zero attached hydrogens (tertiary/aromatic N) is 1. The largest absolute Gasteiger partial charge is 0.398 e. The quantitative estimate of drug-likeness (QED) is 0.748. The van der Waals surface area contributed by atoms with E-state index >= 15 is 0 Å². The van der Waals surface area contributed by atoms with E-state index in [-0.39, 0.29) is 5.82 Å². The van der Waals surface area contributed by atoms with Crippen molar-refractivity contribution in [3.8, 4) is 0 Å². The molecule has 2 N–H and O–H groups in total. The number of halogens is 1. The fraction of sp³-hybridized carbons (Fsp3) is 0.455. The highest BCUT2D eigenvalue weighted by Crippen LogP contribution is 2.14. The molecule has 0 heterocycles. The van der Waals surface area contributed by atoms with Crippen LogP contribution in [0.3, 0.4) is 0 Å². The minimum Gasteiger partial charge on any atom is -0.398 e. The van der Waals surface area contributed by atoms with Gasteiger partial charge in [-0.25, -0.2) is 4.39 Å². The van der Waals surface area contributed by atoms with Crippen molar-refractivity contribution in [3.05, 3.63) is 29.6 Å². The van der Waals surface area contributed by atoms with Gasteiger partial charge in [0.05, 0.1) is 0 Å². The summed E-state index contributed by atoms with van der Waals surface area (Å²) in [4.78, 5) is 2.17. The number of benzene rings is 1. The van der Waals surface area contributed by atoms with Crippen LogP contribution in [0.5, 0.6) is 0 Å². The Hall–Kier alpha value is -1.09. The predicted octanol–water partition coefficient (Wildman–Crippen LogP) is 2.25. The summed E-state index contributed by atoms with van der Waals surface area (Å²) in [6.45, 7) is 3.93. The van der Waals surface area contributed by atoms with Gasteiger partial charge in [-0.15, -0.1) is 0 Å². The van der Waals surface area contributed by atoms with Crippen LogP contribution < -0.4 is 5.73 Å². The molecular formula is C11H17FN2. The summed E-state index contributed by atoms with van der Waals surface area (Å²) in [6.07, 6.45) is 1.11. The molecule has 0 atom stereocenters. The van der Waals surface area contributed by atoms with E-state index in [1.54, 1.807) is 6.07 Å². The lowest BCUT2D eigenvalue weighted by molar-refractivity contribution is 0.328. The Balaban J connectivity index is 2.67. The Kier molecular flexibility index (Phi) is 3.89. The molecule has 0 aliphatic rings. The smallest absolute Gasteiger partial charge is 0.125 e. The topological polar surface area (TPSA) is 29.3 Å². The lowest BCUT2D eigenvalue weighted by Gasteiger charge is -2.16. The maximum absolute atomic E-state index is 12.7. The second kappa shape index (κ2) is 4.96. The minimum atomic E-state index is -0.274. The molecule has 0 aromatic heterocycles. The third-order valence-corrected chi connectivity index (χ3v) is 2.15. The van der Waals surface area contributed by atoms with Crippen LogP contribution in [0.25, 0.3) is 0 Å². The first-order valence-electron chi connectivity index (χ1n) is 4.86. The number of hydrogen-bond donors (Lipinski definition) is 1. The Morgan fingerprint density at radius 3 is 2.71 bits per heavy atom. The fourth-order valence-electron chi connectivity index (χ4n) is 1.46. The van der Waals surface area contributed by atoms with E-state index in [4.69, 9.17) is 5.73 Å². The first-order valence-corrected chi connectivity index (χ1v) is 4.86. The zero-order chi connectivity index (χ0) is 10.6. The first kappa shape index (κ1) is 11.0. The molecule has 0 unspecified atom stereocenters. The van der Waals surface area contributed by atoms with Gasteiger partial charge in [0, 0.05) is 12.2 Å². The van der Waals surface area contributed by atoms with Crippen molar-refractivity contribution < 1.29 is 4.39 Å². The van der Waals surface area contributed by atoms with Crippen LogP contribution in [-0.4, -0.2) is 18.5 Å². The summed E-state index contributed by atoms with van der Waals surface area (Å²) in [5.41, 5.74) is 7.22. The van der Waals surface area contributed by atoms with Gasteiger partial charge < -0.3 is 10.6 Å². The number of nitrogens with two attached hydrogens (primary N) is 1. The van der Waals surface area contributed by atoms with Crippen LogP contribution in [0.15, 0.2) is 18.2 Å². The summed E-state index contributed by atoms with van der Waals surface area (Å²) in [5, 5.41) is 0. The normalized spacial score (nSPS) is 10.9. The Morgan fingerprint density at radius 1 is 1.43 bits per heavy atom. The molecular weight excluding hydrogens is 179 g/mol. The molecule has 3 heteroatoms. The van der Waals surface area contributed by atoms with Crippen molar-refractivity contribution in [2.45, 2.75) is 19.9 Å². The zero-order valence-corrected chi connectivity index (χ0v) is 8.76. The second-order valence-corrected chi connectivity index (χ2v) is 3.58. The van der Waals surface area contributed by atoms with E-state index in [0.29, 0.717) is 5.69 Å². The van der Waals surface area contributed by atoms with Gasteiger partial charge in [0.15, 0.2) is 0 Å². The summed E-state index contributed by atoms with van der Waals surface area (Å²) in [7, 11) is 2.03. The summed E-state index contributed by atoms with van der Waals surface area (Å²) < 4.78 is 12.7. The van der Waals surface area contributed by atoms with Gasteiger partial charge in [-0.1, -0.05) is 13.0 Å². The van der Waals surface area contributed by atoms with Crippen molar-refractivity contribution in [1.82, 2.24) is 4.90 Å². The molecule has 0 spiro atoms. The number of anilines is 1. The molecule has 0 saturated carbocycles. The molecule has 1 rings (SSSR count). The third-order valence-electron chi connectivity index (χ3n) is 2.15. The average molecular weight is 196 g/mol. The second-order valence-electron chi connectivity index (χ2n) is 3.58. The number of rotatable bonds is 4. The Labute approximate surface area is 84.5 Å². The molecule has 0 saturated heterocycles. The van der Waals surface area contributed by atoms with Crippen LogP contribution in [0.2, 0.25) is 0 Å². The summed E-state index contributed by atoms with van der Waals surface area (Å²) in [6, 6.07) is 4.57. The molecule has 1 aromatic carbocycles. The van der Waals surface area contributed by atoms with E-state index in [1.807, 2.05) is 7.05 Å². The number of nitrogen functional groups attached to an aromatic ring is 1. The third kappa shape index (κ3) is 3.00. The average Bonchev–Trinajstić information content (AvgIpc) is 2.10. The maximum Gasteiger partial charge on any atom is 0.125 e. The van der Waals surface area contributed by atoms with Crippen molar-refractivity contribution in [2.75, 3.05) is 19.3 Å². The van der Waals surface area contributed by atoms with Gasteiger partial charge in [0.25, 0.3) is 0 Å². The summed E-state index contributed by atoms with van der Waals surface area (Å²) >= 11 is 0. The maximum atomic E-state index is 12.7. The van der Waals surface area contributed by atoms with Crippen molar-refractivity contribution in [1.29, 1.82) is 0 Å².